The largest absolute Gasteiger partial charge is 0.416 e. The van der Waals surface area contributed by atoms with E-state index in [9.17, 15) is 22.8 Å². The monoisotopic (exact) mass is 548 g/mol. The van der Waals surface area contributed by atoms with Crippen molar-refractivity contribution in [3.8, 4) is 0 Å². The zero-order chi connectivity index (χ0) is 27.5. The Morgan fingerprint density at radius 3 is 2.50 bits per heavy atom. The Morgan fingerprint density at radius 2 is 1.89 bits per heavy atom. The van der Waals surface area contributed by atoms with Gasteiger partial charge < -0.3 is 20.5 Å². The molecule has 3 fully saturated rings. The number of aromatic nitrogens is 1. The average molecular weight is 549 g/mol. The summed E-state index contributed by atoms with van der Waals surface area (Å²) in [6, 6.07) is 4.98. The first-order chi connectivity index (χ1) is 17.8. The minimum atomic E-state index is -4.45. The van der Waals surface area contributed by atoms with Crippen molar-refractivity contribution in [2.24, 2.45) is 34.2 Å². The lowest BCUT2D eigenvalue weighted by molar-refractivity contribution is -0.146. The molecule has 2 amide bonds. The van der Waals surface area contributed by atoms with Crippen LogP contribution in [0.25, 0.3) is 0 Å². The summed E-state index contributed by atoms with van der Waals surface area (Å²) in [6.45, 7) is 5.96. The topological polar surface area (TPSA) is 109 Å². The van der Waals surface area contributed by atoms with E-state index in [1.807, 2.05) is 4.90 Å². The van der Waals surface area contributed by atoms with Gasteiger partial charge in [-0.2, -0.15) is 13.2 Å². The van der Waals surface area contributed by atoms with Gasteiger partial charge in [0.05, 0.1) is 23.8 Å². The fourth-order valence-corrected chi connectivity index (χ4v) is 6.33. The Morgan fingerprint density at radius 1 is 1.21 bits per heavy atom. The second-order valence-electron chi connectivity index (χ2n) is 11.4. The number of nitrogens with zero attached hydrogens (tertiary/aromatic N) is 4. The highest BCUT2D eigenvalue weighted by Gasteiger charge is 2.60. The Labute approximate surface area is 223 Å². The summed E-state index contributed by atoms with van der Waals surface area (Å²) in [5.41, 5.74) is 7.83. The molecular weight excluding hydrogens is 517 g/mol. The number of hydrogen-bond donors (Lipinski definition) is 2. The van der Waals surface area contributed by atoms with Gasteiger partial charge in [0.1, 0.15) is 4.88 Å². The number of carbonyl (C=O) groups excluding carboxylic acids is 2. The maximum Gasteiger partial charge on any atom is 0.416 e. The summed E-state index contributed by atoms with van der Waals surface area (Å²) in [6.07, 6.45) is -0.511. The molecule has 0 radical (unpaired) electrons. The van der Waals surface area contributed by atoms with Crippen LogP contribution in [0.2, 0.25) is 0 Å². The van der Waals surface area contributed by atoms with Gasteiger partial charge in [-0.3, -0.25) is 14.6 Å². The number of hydrazine groups is 1. The molecule has 2 aliphatic heterocycles. The molecule has 0 bridgehead atoms. The highest BCUT2D eigenvalue weighted by Crippen LogP contribution is 2.55. The Kier molecular flexibility index (Phi) is 6.46. The number of halogens is 3. The number of rotatable bonds is 6. The fraction of sp³-hybridized carbons (Fsp3) is 0.500. The summed E-state index contributed by atoms with van der Waals surface area (Å²) >= 11 is 1.26. The van der Waals surface area contributed by atoms with Crippen LogP contribution in [0, 0.1) is 22.7 Å². The van der Waals surface area contributed by atoms with Gasteiger partial charge in [-0.15, -0.1) is 11.3 Å². The number of hydrogen-bond acceptors (Lipinski definition) is 7. The molecule has 1 aromatic carbocycles. The van der Waals surface area contributed by atoms with Gasteiger partial charge >= 0.3 is 6.18 Å². The van der Waals surface area contributed by atoms with Crippen molar-refractivity contribution in [1.82, 2.24) is 19.8 Å². The molecular formula is C26H31F3N6O2S. The summed E-state index contributed by atoms with van der Waals surface area (Å²) in [4.78, 5) is 34.2. The van der Waals surface area contributed by atoms with E-state index in [1.165, 1.54) is 34.8 Å². The second-order valence-corrected chi connectivity index (χ2v) is 12.3. The van der Waals surface area contributed by atoms with Crippen LogP contribution >= 0.6 is 11.3 Å². The van der Waals surface area contributed by atoms with Crippen molar-refractivity contribution in [3.05, 3.63) is 63.9 Å². The number of carbonyl (C=O) groups is 2. The summed E-state index contributed by atoms with van der Waals surface area (Å²) < 4.78 is 39.3. The molecule has 38 heavy (non-hydrogen) atoms. The predicted molar refractivity (Wildman–Crippen MR) is 136 cm³/mol. The van der Waals surface area contributed by atoms with Crippen LogP contribution in [0.1, 0.15) is 41.1 Å². The average Bonchev–Trinajstić information content (AvgIpc) is 3.21. The highest BCUT2D eigenvalue weighted by atomic mass is 32.1. The van der Waals surface area contributed by atoms with Crippen LogP contribution in [-0.4, -0.2) is 57.8 Å². The van der Waals surface area contributed by atoms with Gasteiger partial charge in [0, 0.05) is 55.3 Å². The number of alkyl halides is 3. The molecule has 3 aliphatic rings. The summed E-state index contributed by atoms with van der Waals surface area (Å²) in [5.74, 6) is 5.91. The van der Waals surface area contributed by atoms with Crippen LogP contribution in [0.5, 0.6) is 0 Å². The second kappa shape index (κ2) is 9.26. The number of thiazole rings is 1. The van der Waals surface area contributed by atoms with Crippen LogP contribution in [-0.2, 0) is 17.5 Å². The first-order valence-electron chi connectivity index (χ1n) is 12.4. The van der Waals surface area contributed by atoms with Crippen molar-refractivity contribution in [3.63, 3.8) is 0 Å². The van der Waals surface area contributed by atoms with E-state index in [0.717, 1.165) is 18.6 Å². The molecule has 1 aromatic heterocycles. The molecule has 2 saturated heterocycles. The van der Waals surface area contributed by atoms with E-state index in [0.29, 0.717) is 42.3 Å². The lowest BCUT2D eigenvalue weighted by atomic mass is 9.70. The van der Waals surface area contributed by atoms with Crippen molar-refractivity contribution >= 4 is 23.2 Å². The lowest BCUT2D eigenvalue weighted by Crippen LogP contribution is -2.63. The molecule has 1 unspecified atom stereocenters. The molecule has 3 heterocycles. The van der Waals surface area contributed by atoms with E-state index < -0.39 is 17.2 Å². The zero-order valence-corrected chi connectivity index (χ0v) is 22.1. The summed E-state index contributed by atoms with van der Waals surface area (Å²) in [5, 5.41) is 1.26. The number of likely N-dealkylation sites (tertiary alicyclic amines) is 2. The third-order valence-corrected chi connectivity index (χ3v) is 8.81. The molecule has 2 aromatic rings. The maximum absolute atomic E-state index is 13.1. The van der Waals surface area contributed by atoms with E-state index in [1.54, 1.807) is 16.5 Å². The number of benzene rings is 1. The van der Waals surface area contributed by atoms with E-state index >= 15 is 0 Å². The number of amides is 2. The Bertz CT molecular complexity index is 1260. The lowest BCUT2D eigenvalue weighted by Gasteiger charge is -2.51. The molecule has 1 spiro atoms. The molecule has 4 N–H and O–H groups in total. The van der Waals surface area contributed by atoms with Crippen molar-refractivity contribution in [2.75, 3.05) is 26.2 Å². The van der Waals surface area contributed by atoms with E-state index in [4.69, 9.17) is 11.6 Å². The minimum absolute atomic E-state index is 0.0193. The first-order valence-corrected chi connectivity index (χ1v) is 13.3. The third kappa shape index (κ3) is 4.98. The van der Waals surface area contributed by atoms with Crippen LogP contribution < -0.4 is 11.6 Å². The van der Waals surface area contributed by atoms with Crippen LogP contribution in [0.3, 0.4) is 0 Å². The third-order valence-electron chi connectivity index (χ3n) is 8.05. The van der Waals surface area contributed by atoms with Gasteiger partial charge in [0.2, 0.25) is 5.91 Å². The van der Waals surface area contributed by atoms with Crippen molar-refractivity contribution < 1.29 is 22.8 Å². The van der Waals surface area contributed by atoms with E-state index in [2.05, 4.69) is 18.8 Å². The Hall–Kier alpha value is -3.12. The molecule has 12 heteroatoms. The standard InChI is InChI=1S/C26H31F3N6O2S/c1-24(2)7-18(24)22(36)34-13-25(14-34)12-33(23(37)21-8-32-15-38-21)10-19(25)20(30)11-35(31)9-16-4-3-5-17(6-16)26(27,28)29/h3-6,8,11,15,18-19H,7,9-10,12-14,30-31H2,1-2H3/b20-11-/t18-,19?/m1/s1. The zero-order valence-electron chi connectivity index (χ0n) is 21.2. The molecule has 5 rings (SSSR count). The Balaban J connectivity index is 1.33. The van der Waals surface area contributed by atoms with Gasteiger partial charge in [-0.25, -0.2) is 5.84 Å². The predicted octanol–water partition coefficient (Wildman–Crippen LogP) is 3.28. The smallest absolute Gasteiger partial charge is 0.401 e. The fourth-order valence-electron chi connectivity index (χ4n) is 5.74. The molecule has 1 saturated carbocycles. The summed E-state index contributed by atoms with van der Waals surface area (Å²) in [7, 11) is 0. The SMILES string of the molecule is CC1(C)C[C@@H]1C(=O)N1CC2(CN(C(=O)c3cncs3)CC2/C(N)=C/N(N)Cc2cccc(C(F)(F)F)c2)C1. The molecule has 1 aliphatic carbocycles. The highest BCUT2D eigenvalue weighted by molar-refractivity contribution is 7.11. The van der Waals surface area contributed by atoms with Crippen LogP contribution in [0.15, 0.2) is 47.9 Å². The van der Waals surface area contributed by atoms with E-state index in [-0.39, 0.29) is 35.6 Å². The molecule has 8 nitrogen and oxygen atoms in total. The normalized spacial score (nSPS) is 23.9. The minimum Gasteiger partial charge on any atom is -0.401 e. The van der Waals surface area contributed by atoms with Crippen LogP contribution in [0.4, 0.5) is 13.2 Å². The first kappa shape index (κ1) is 26.5. The van der Waals surface area contributed by atoms with Gasteiger partial charge in [0.15, 0.2) is 0 Å². The molecule has 2 atom stereocenters. The van der Waals surface area contributed by atoms with Gasteiger partial charge in [0.25, 0.3) is 5.91 Å². The maximum atomic E-state index is 13.1. The van der Waals surface area contributed by atoms with Gasteiger partial charge in [-0.1, -0.05) is 26.0 Å². The number of nitrogens with two attached hydrogens (primary N) is 2. The quantitative estimate of drug-likeness (QED) is 0.424. The van der Waals surface area contributed by atoms with Gasteiger partial charge in [-0.05, 0) is 29.5 Å². The molecule has 204 valence electrons. The van der Waals surface area contributed by atoms with Crippen molar-refractivity contribution in [2.45, 2.75) is 33.0 Å². The van der Waals surface area contributed by atoms with Crippen molar-refractivity contribution in [1.29, 1.82) is 0 Å².